The Balaban J connectivity index is 2.39. The highest BCUT2D eigenvalue weighted by Gasteiger charge is 2.24. The third kappa shape index (κ3) is 3.26. The van der Waals surface area contributed by atoms with Crippen molar-refractivity contribution in [1.29, 1.82) is 0 Å². The summed E-state index contributed by atoms with van der Waals surface area (Å²) in [5.41, 5.74) is 7.95. The number of hydrogen-bond acceptors (Lipinski definition) is 2. The van der Waals surface area contributed by atoms with Gasteiger partial charge in [0.25, 0.3) is 0 Å². The lowest BCUT2D eigenvalue weighted by Crippen LogP contribution is -2.21. The second-order valence-electron chi connectivity index (χ2n) is 4.87. The van der Waals surface area contributed by atoms with E-state index in [9.17, 15) is 9.50 Å². The summed E-state index contributed by atoms with van der Waals surface area (Å²) < 4.78 is 14.8. The van der Waals surface area contributed by atoms with E-state index in [2.05, 4.69) is 15.9 Å². The van der Waals surface area contributed by atoms with Crippen molar-refractivity contribution in [3.63, 3.8) is 0 Å². The zero-order valence-corrected chi connectivity index (χ0v) is 12.8. The smallest absolute Gasteiger partial charge is 0.126 e. The van der Waals surface area contributed by atoms with Gasteiger partial charge in [0.05, 0.1) is 6.10 Å². The van der Waals surface area contributed by atoms with Crippen LogP contribution >= 0.6 is 15.9 Å². The van der Waals surface area contributed by atoms with Crippen LogP contribution < -0.4 is 5.73 Å². The Hall–Kier alpha value is -1.23. The first-order chi connectivity index (χ1) is 9.52. The van der Waals surface area contributed by atoms with Crippen LogP contribution in [-0.2, 0) is 0 Å². The van der Waals surface area contributed by atoms with Crippen molar-refractivity contribution in [3.8, 4) is 0 Å². The summed E-state index contributed by atoms with van der Waals surface area (Å²) >= 11 is 3.41. The van der Waals surface area contributed by atoms with Crippen molar-refractivity contribution in [2.24, 2.45) is 5.73 Å². The molecule has 3 N–H and O–H groups in total. The fourth-order valence-electron chi connectivity index (χ4n) is 2.37. The van der Waals surface area contributed by atoms with E-state index in [0.29, 0.717) is 5.56 Å². The normalized spacial score (nSPS) is 14.1. The molecule has 2 aromatic carbocycles. The lowest BCUT2D eigenvalue weighted by Gasteiger charge is -2.23. The van der Waals surface area contributed by atoms with E-state index < -0.39 is 12.0 Å². The number of aliphatic hydroxyl groups excluding tert-OH is 1. The Morgan fingerprint density at radius 2 is 1.95 bits per heavy atom. The molecule has 0 aliphatic carbocycles. The number of hydrogen-bond donors (Lipinski definition) is 2. The first-order valence-corrected chi connectivity index (χ1v) is 7.22. The summed E-state index contributed by atoms with van der Waals surface area (Å²) in [4.78, 5) is 0. The molecule has 2 rings (SSSR count). The Morgan fingerprint density at radius 1 is 1.25 bits per heavy atom. The van der Waals surface area contributed by atoms with E-state index >= 15 is 0 Å². The van der Waals surface area contributed by atoms with Crippen LogP contribution in [0.5, 0.6) is 0 Å². The molecule has 0 saturated heterocycles. The van der Waals surface area contributed by atoms with E-state index in [1.54, 1.807) is 18.2 Å². The number of halogens is 2. The van der Waals surface area contributed by atoms with Gasteiger partial charge in [-0.3, -0.25) is 0 Å². The minimum Gasteiger partial charge on any atom is -0.388 e. The van der Waals surface area contributed by atoms with Gasteiger partial charge in [0.1, 0.15) is 5.82 Å². The lowest BCUT2D eigenvalue weighted by atomic mass is 9.88. The number of aliphatic hydroxyl groups is 1. The molecule has 2 nitrogen and oxygen atoms in total. The quantitative estimate of drug-likeness (QED) is 0.893. The van der Waals surface area contributed by atoms with Crippen molar-refractivity contribution in [2.45, 2.75) is 18.9 Å². The zero-order chi connectivity index (χ0) is 14.7. The van der Waals surface area contributed by atoms with Gasteiger partial charge in [-0.05, 0) is 41.8 Å². The molecule has 0 amide bonds. The van der Waals surface area contributed by atoms with Crippen LogP contribution in [0.25, 0.3) is 0 Å². The van der Waals surface area contributed by atoms with Crippen molar-refractivity contribution in [2.75, 3.05) is 6.54 Å². The number of benzene rings is 2. The first-order valence-electron chi connectivity index (χ1n) is 6.42. The van der Waals surface area contributed by atoms with Gasteiger partial charge in [0.15, 0.2) is 0 Å². The molecule has 2 aromatic rings. The van der Waals surface area contributed by atoms with Crippen LogP contribution in [0.1, 0.15) is 28.7 Å². The van der Waals surface area contributed by atoms with Crippen molar-refractivity contribution in [1.82, 2.24) is 0 Å². The summed E-state index contributed by atoms with van der Waals surface area (Å²) in [6, 6.07) is 12.1. The molecule has 0 saturated carbocycles. The monoisotopic (exact) mass is 337 g/mol. The number of rotatable bonds is 4. The molecule has 0 heterocycles. The van der Waals surface area contributed by atoms with E-state index in [1.165, 1.54) is 6.07 Å². The second kappa shape index (κ2) is 6.48. The first kappa shape index (κ1) is 15.2. The highest BCUT2D eigenvalue weighted by atomic mass is 79.9. The van der Waals surface area contributed by atoms with E-state index in [1.807, 2.05) is 25.1 Å². The van der Waals surface area contributed by atoms with Crippen LogP contribution in [0, 0.1) is 12.7 Å². The third-order valence-electron chi connectivity index (χ3n) is 3.35. The largest absolute Gasteiger partial charge is 0.388 e. The van der Waals surface area contributed by atoms with E-state index in [0.717, 1.165) is 15.6 Å². The Bertz CT molecular complexity index is 583. The SMILES string of the molecule is Cc1cc(Br)cc(C(O)C(CN)c2ccccc2F)c1. The molecular formula is C16H17BrFNO. The molecule has 20 heavy (non-hydrogen) atoms. The predicted octanol–water partition coefficient (Wildman–Crippen LogP) is 3.67. The average Bonchev–Trinajstić information content (AvgIpc) is 2.40. The van der Waals surface area contributed by atoms with Crippen LogP contribution in [0.3, 0.4) is 0 Å². The van der Waals surface area contributed by atoms with Crippen molar-refractivity contribution < 1.29 is 9.50 Å². The standard InChI is InChI=1S/C16H17BrFNO/c1-10-6-11(8-12(17)7-10)16(20)14(9-19)13-4-2-3-5-15(13)18/h2-8,14,16,20H,9,19H2,1H3. The Kier molecular flexibility index (Phi) is 4.91. The van der Waals surface area contributed by atoms with Crippen LogP contribution in [-0.4, -0.2) is 11.7 Å². The van der Waals surface area contributed by atoms with Crippen molar-refractivity contribution in [3.05, 3.63) is 69.4 Å². The van der Waals surface area contributed by atoms with Gasteiger partial charge in [-0.25, -0.2) is 4.39 Å². The predicted molar refractivity (Wildman–Crippen MR) is 82.0 cm³/mol. The molecule has 0 radical (unpaired) electrons. The summed E-state index contributed by atoms with van der Waals surface area (Å²) in [7, 11) is 0. The number of nitrogens with two attached hydrogens (primary N) is 1. The molecule has 0 spiro atoms. The van der Waals surface area contributed by atoms with Crippen LogP contribution in [0.4, 0.5) is 4.39 Å². The van der Waals surface area contributed by atoms with Gasteiger partial charge >= 0.3 is 0 Å². The second-order valence-corrected chi connectivity index (χ2v) is 5.79. The van der Waals surface area contributed by atoms with E-state index in [-0.39, 0.29) is 12.4 Å². The van der Waals surface area contributed by atoms with Gasteiger partial charge in [-0.1, -0.05) is 40.2 Å². The molecule has 0 aliphatic rings. The molecule has 0 aliphatic heterocycles. The minimum atomic E-state index is -0.840. The molecule has 106 valence electrons. The number of aryl methyl sites for hydroxylation is 1. The molecular weight excluding hydrogens is 321 g/mol. The molecule has 2 atom stereocenters. The average molecular weight is 338 g/mol. The molecule has 4 heteroatoms. The minimum absolute atomic E-state index is 0.174. The van der Waals surface area contributed by atoms with Crippen LogP contribution in [0.15, 0.2) is 46.9 Å². The fraction of sp³-hybridized carbons (Fsp3) is 0.250. The third-order valence-corrected chi connectivity index (χ3v) is 3.80. The van der Waals surface area contributed by atoms with Crippen LogP contribution in [0.2, 0.25) is 0 Å². The zero-order valence-electron chi connectivity index (χ0n) is 11.2. The topological polar surface area (TPSA) is 46.2 Å². The maximum atomic E-state index is 13.9. The molecule has 0 aromatic heterocycles. The summed E-state index contributed by atoms with van der Waals surface area (Å²) in [5.74, 6) is -0.807. The highest BCUT2D eigenvalue weighted by molar-refractivity contribution is 9.10. The van der Waals surface area contributed by atoms with Gasteiger partial charge in [-0.15, -0.1) is 0 Å². The summed E-state index contributed by atoms with van der Waals surface area (Å²) in [6.07, 6.45) is -0.840. The Labute approximate surface area is 126 Å². The Morgan fingerprint density at radius 3 is 2.55 bits per heavy atom. The fourth-order valence-corrected chi connectivity index (χ4v) is 2.99. The van der Waals surface area contributed by atoms with Gasteiger partial charge < -0.3 is 10.8 Å². The van der Waals surface area contributed by atoms with Crippen molar-refractivity contribution >= 4 is 15.9 Å². The van der Waals surface area contributed by atoms with E-state index in [4.69, 9.17) is 5.73 Å². The molecule has 0 bridgehead atoms. The maximum absolute atomic E-state index is 13.9. The summed E-state index contributed by atoms with van der Waals surface area (Å²) in [6.45, 7) is 2.12. The van der Waals surface area contributed by atoms with Gasteiger partial charge in [-0.2, -0.15) is 0 Å². The summed E-state index contributed by atoms with van der Waals surface area (Å²) in [5, 5.41) is 10.5. The molecule has 2 unspecified atom stereocenters. The maximum Gasteiger partial charge on any atom is 0.126 e. The van der Waals surface area contributed by atoms with Gasteiger partial charge in [0.2, 0.25) is 0 Å². The highest BCUT2D eigenvalue weighted by Crippen LogP contribution is 2.33. The molecule has 0 fully saturated rings. The lowest BCUT2D eigenvalue weighted by molar-refractivity contribution is 0.145. The van der Waals surface area contributed by atoms with Gasteiger partial charge in [0, 0.05) is 16.9 Å².